The van der Waals surface area contributed by atoms with E-state index in [1.54, 1.807) is 20.8 Å². The number of phenols is 1. The fourth-order valence-electron chi connectivity index (χ4n) is 1.39. The second-order valence-electron chi connectivity index (χ2n) is 5.14. The first-order valence-electron chi connectivity index (χ1n) is 6.07. The first-order chi connectivity index (χ1) is 8.78. The number of rotatable bonds is 4. The van der Waals surface area contributed by atoms with Crippen LogP contribution in [0.3, 0.4) is 0 Å². The smallest absolute Gasteiger partial charge is 0.308 e. The molecule has 104 valence electrons. The molecule has 0 radical (unpaired) electrons. The van der Waals surface area contributed by atoms with Gasteiger partial charge >= 0.3 is 5.97 Å². The third-order valence-corrected chi connectivity index (χ3v) is 2.16. The Balaban J connectivity index is 2.35. The molecule has 19 heavy (non-hydrogen) atoms. The molecule has 1 amide bonds. The molecule has 5 heteroatoms. The lowest BCUT2D eigenvalue weighted by Gasteiger charge is -2.19. The van der Waals surface area contributed by atoms with Gasteiger partial charge in [0.1, 0.15) is 11.4 Å². The maximum Gasteiger partial charge on any atom is 0.308 e. The zero-order chi connectivity index (χ0) is 14.5. The highest BCUT2D eigenvalue weighted by atomic mass is 16.6. The molecule has 0 atom stereocenters. The second kappa shape index (κ2) is 6.22. The van der Waals surface area contributed by atoms with Crippen LogP contribution < -0.4 is 5.32 Å². The predicted octanol–water partition coefficient (Wildman–Crippen LogP) is 1.85. The molecular formula is C14H19NO4. The molecule has 0 aliphatic heterocycles. The quantitative estimate of drug-likeness (QED) is 0.815. The lowest BCUT2D eigenvalue weighted by atomic mass is 10.2. The molecule has 0 unspecified atom stereocenters. The number of ether oxygens (including phenoxy) is 1. The number of hydrogen-bond acceptors (Lipinski definition) is 4. The Kier molecular flexibility index (Phi) is 4.92. The van der Waals surface area contributed by atoms with Gasteiger partial charge in [-0.25, -0.2) is 0 Å². The van der Waals surface area contributed by atoms with E-state index < -0.39 is 5.60 Å². The number of carbonyl (C=O) groups is 2. The van der Waals surface area contributed by atoms with Gasteiger partial charge < -0.3 is 15.2 Å². The zero-order valence-electron chi connectivity index (χ0n) is 11.4. The van der Waals surface area contributed by atoms with Crippen molar-refractivity contribution in [1.82, 2.24) is 5.32 Å². The minimum absolute atomic E-state index is 0.102. The van der Waals surface area contributed by atoms with Crippen LogP contribution in [0.4, 0.5) is 0 Å². The van der Waals surface area contributed by atoms with E-state index in [-0.39, 0.29) is 30.6 Å². The number of hydrogen-bond donors (Lipinski definition) is 2. The molecule has 0 saturated carbocycles. The van der Waals surface area contributed by atoms with Gasteiger partial charge in [0, 0.05) is 12.1 Å². The van der Waals surface area contributed by atoms with Crippen molar-refractivity contribution in [2.45, 2.75) is 32.8 Å². The molecule has 0 bridgehead atoms. The third-order valence-electron chi connectivity index (χ3n) is 2.16. The van der Waals surface area contributed by atoms with Gasteiger partial charge in [0.25, 0.3) is 5.91 Å². The molecule has 0 fully saturated rings. The minimum Gasteiger partial charge on any atom is -0.508 e. The lowest BCUT2D eigenvalue weighted by Crippen LogP contribution is -2.29. The molecule has 0 aromatic heterocycles. The average Bonchev–Trinajstić information content (AvgIpc) is 2.27. The molecule has 1 aromatic carbocycles. The van der Waals surface area contributed by atoms with Crippen LogP contribution in [0.2, 0.25) is 0 Å². The van der Waals surface area contributed by atoms with Crippen LogP contribution in [-0.2, 0) is 9.53 Å². The SMILES string of the molecule is CC(C)(C)OC(=O)CCNC(=O)c1ccc(O)cc1. The molecule has 5 nitrogen and oxygen atoms in total. The van der Waals surface area contributed by atoms with Gasteiger partial charge in [-0.15, -0.1) is 0 Å². The van der Waals surface area contributed by atoms with Crippen molar-refractivity contribution >= 4 is 11.9 Å². The summed E-state index contributed by atoms with van der Waals surface area (Å²) < 4.78 is 5.12. The standard InChI is InChI=1S/C14H19NO4/c1-14(2,3)19-12(17)8-9-15-13(18)10-4-6-11(16)7-5-10/h4-7,16H,8-9H2,1-3H3,(H,15,18). The first kappa shape index (κ1) is 15.0. The van der Waals surface area contributed by atoms with Crippen molar-refractivity contribution in [2.24, 2.45) is 0 Å². The van der Waals surface area contributed by atoms with E-state index >= 15 is 0 Å². The van der Waals surface area contributed by atoms with E-state index in [4.69, 9.17) is 9.84 Å². The highest BCUT2D eigenvalue weighted by molar-refractivity contribution is 5.94. The molecule has 1 aromatic rings. The largest absolute Gasteiger partial charge is 0.508 e. The highest BCUT2D eigenvalue weighted by Gasteiger charge is 2.16. The van der Waals surface area contributed by atoms with Crippen molar-refractivity contribution in [3.05, 3.63) is 29.8 Å². The normalized spacial score (nSPS) is 10.9. The Morgan fingerprint density at radius 1 is 1.21 bits per heavy atom. The van der Waals surface area contributed by atoms with Crippen molar-refractivity contribution in [1.29, 1.82) is 0 Å². The van der Waals surface area contributed by atoms with Crippen molar-refractivity contribution in [2.75, 3.05) is 6.54 Å². The number of amides is 1. The van der Waals surface area contributed by atoms with Gasteiger partial charge in [-0.3, -0.25) is 9.59 Å². The average molecular weight is 265 g/mol. The number of nitrogens with one attached hydrogen (secondary N) is 1. The predicted molar refractivity (Wildman–Crippen MR) is 70.9 cm³/mol. The minimum atomic E-state index is -0.516. The summed E-state index contributed by atoms with van der Waals surface area (Å²) in [5.41, 5.74) is -0.0834. The van der Waals surface area contributed by atoms with E-state index in [2.05, 4.69) is 5.32 Å². The highest BCUT2D eigenvalue weighted by Crippen LogP contribution is 2.10. The van der Waals surface area contributed by atoms with Crippen LogP contribution in [0.5, 0.6) is 5.75 Å². The molecule has 2 N–H and O–H groups in total. The number of esters is 1. The Morgan fingerprint density at radius 3 is 2.32 bits per heavy atom. The van der Waals surface area contributed by atoms with Gasteiger partial charge in [0.05, 0.1) is 6.42 Å². The molecule has 0 spiro atoms. The maximum atomic E-state index is 11.7. The van der Waals surface area contributed by atoms with Gasteiger partial charge in [0.15, 0.2) is 0 Å². The number of benzene rings is 1. The van der Waals surface area contributed by atoms with E-state index in [9.17, 15) is 9.59 Å². The van der Waals surface area contributed by atoms with Crippen LogP contribution in [0.15, 0.2) is 24.3 Å². The monoisotopic (exact) mass is 265 g/mol. The number of aromatic hydroxyl groups is 1. The molecule has 0 aliphatic carbocycles. The summed E-state index contributed by atoms with van der Waals surface area (Å²) in [6.45, 7) is 5.59. The van der Waals surface area contributed by atoms with Gasteiger partial charge in [-0.05, 0) is 45.0 Å². The van der Waals surface area contributed by atoms with Crippen LogP contribution in [-0.4, -0.2) is 29.1 Å². The Morgan fingerprint density at radius 2 is 1.79 bits per heavy atom. The summed E-state index contributed by atoms with van der Waals surface area (Å²) in [4.78, 5) is 23.1. The summed E-state index contributed by atoms with van der Waals surface area (Å²) in [6.07, 6.45) is 0.126. The molecule has 0 saturated heterocycles. The fraction of sp³-hybridized carbons (Fsp3) is 0.429. The molecular weight excluding hydrogens is 246 g/mol. The molecule has 1 rings (SSSR count). The third kappa shape index (κ3) is 5.90. The van der Waals surface area contributed by atoms with Crippen LogP contribution in [0, 0.1) is 0 Å². The lowest BCUT2D eigenvalue weighted by molar-refractivity contribution is -0.154. The Labute approximate surface area is 112 Å². The summed E-state index contributed by atoms with van der Waals surface area (Å²) in [6, 6.07) is 5.89. The van der Waals surface area contributed by atoms with Crippen LogP contribution >= 0.6 is 0 Å². The summed E-state index contributed by atoms with van der Waals surface area (Å²) in [7, 11) is 0. The summed E-state index contributed by atoms with van der Waals surface area (Å²) >= 11 is 0. The molecule has 0 heterocycles. The number of carbonyl (C=O) groups excluding carboxylic acids is 2. The van der Waals surface area contributed by atoms with Gasteiger partial charge in [-0.1, -0.05) is 0 Å². The van der Waals surface area contributed by atoms with E-state index in [1.165, 1.54) is 24.3 Å². The summed E-state index contributed by atoms with van der Waals surface area (Å²) in [5, 5.41) is 11.7. The van der Waals surface area contributed by atoms with Gasteiger partial charge in [-0.2, -0.15) is 0 Å². The topological polar surface area (TPSA) is 75.6 Å². The van der Waals surface area contributed by atoms with Crippen molar-refractivity contribution < 1.29 is 19.4 Å². The molecule has 0 aliphatic rings. The fourth-order valence-corrected chi connectivity index (χ4v) is 1.39. The summed E-state index contributed by atoms with van der Waals surface area (Å²) in [5.74, 6) is -0.535. The van der Waals surface area contributed by atoms with Crippen LogP contribution in [0.25, 0.3) is 0 Å². The first-order valence-corrected chi connectivity index (χ1v) is 6.07. The van der Waals surface area contributed by atoms with Crippen molar-refractivity contribution in [3.63, 3.8) is 0 Å². The van der Waals surface area contributed by atoms with Crippen LogP contribution in [0.1, 0.15) is 37.6 Å². The Hall–Kier alpha value is -2.04. The Bertz CT molecular complexity index is 446. The van der Waals surface area contributed by atoms with E-state index in [0.29, 0.717) is 5.56 Å². The second-order valence-corrected chi connectivity index (χ2v) is 5.14. The number of phenolic OH excluding ortho intramolecular Hbond substituents is 1. The zero-order valence-corrected chi connectivity index (χ0v) is 11.4. The van der Waals surface area contributed by atoms with E-state index in [0.717, 1.165) is 0 Å². The van der Waals surface area contributed by atoms with Crippen molar-refractivity contribution in [3.8, 4) is 5.75 Å². The van der Waals surface area contributed by atoms with Gasteiger partial charge in [0.2, 0.25) is 0 Å². The van der Waals surface area contributed by atoms with E-state index in [1.807, 2.05) is 0 Å². The maximum absolute atomic E-state index is 11.7.